The Balaban J connectivity index is 4.32. The smallest absolute Gasteiger partial charge is 0.397 e. The normalized spacial score (nSPS) is 16.1. The van der Waals surface area contributed by atoms with Crippen molar-refractivity contribution in [2.45, 2.75) is 25.4 Å². The van der Waals surface area contributed by atoms with Gasteiger partial charge in [-0.15, -0.1) is 0 Å². The van der Waals surface area contributed by atoms with E-state index in [4.69, 9.17) is 28.4 Å². The first-order valence-electron chi connectivity index (χ1n) is 6.13. The van der Waals surface area contributed by atoms with E-state index in [1.54, 1.807) is 0 Å². The Morgan fingerprint density at radius 2 is 1.05 bits per heavy atom. The standard InChI is InChI=1S/C12H22O10/c1-11(17-5,7-15-3)19-9(13)21-22-10(14)20-12(2,18-6)8-16-4/h7-8H2,1-6H3. The fourth-order valence-electron chi connectivity index (χ4n) is 1.24. The van der Waals surface area contributed by atoms with Gasteiger partial charge in [-0.3, -0.25) is 0 Å². The van der Waals surface area contributed by atoms with Crippen LogP contribution in [0.5, 0.6) is 0 Å². The van der Waals surface area contributed by atoms with Crippen LogP contribution in [0.1, 0.15) is 13.8 Å². The molecule has 0 aromatic rings. The molecular formula is C12H22O10. The number of rotatable bonds is 8. The highest BCUT2D eigenvalue weighted by Gasteiger charge is 2.33. The first-order valence-corrected chi connectivity index (χ1v) is 6.13. The van der Waals surface area contributed by atoms with E-state index in [-0.39, 0.29) is 13.2 Å². The molecule has 130 valence electrons. The van der Waals surface area contributed by atoms with E-state index in [0.717, 1.165) is 0 Å². The number of carbonyl (C=O) groups excluding carboxylic acids is 2. The SMILES string of the molecule is COCC(C)(OC)OC(=O)OOC(=O)OC(C)(COC)OC. The average Bonchev–Trinajstić information content (AvgIpc) is 2.45. The van der Waals surface area contributed by atoms with Crippen molar-refractivity contribution in [1.29, 1.82) is 0 Å². The lowest BCUT2D eigenvalue weighted by Crippen LogP contribution is -2.40. The Morgan fingerprint density at radius 1 is 0.727 bits per heavy atom. The second-order valence-corrected chi connectivity index (χ2v) is 4.41. The van der Waals surface area contributed by atoms with Crippen LogP contribution in [0.2, 0.25) is 0 Å². The van der Waals surface area contributed by atoms with E-state index in [1.807, 2.05) is 0 Å². The third kappa shape index (κ3) is 7.41. The summed E-state index contributed by atoms with van der Waals surface area (Å²) in [6.07, 6.45) is -2.63. The van der Waals surface area contributed by atoms with Crippen LogP contribution in [-0.2, 0) is 38.2 Å². The third-order valence-corrected chi connectivity index (χ3v) is 2.45. The quantitative estimate of drug-likeness (QED) is 0.279. The van der Waals surface area contributed by atoms with E-state index in [1.165, 1.54) is 42.3 Å². The molecule has 0 aliphatic rings. The predicted molar refractivity (Wildman–Crippen MR) is 69.7 cm³/mol. The van der Waals surface area contributed by atoms with Gasteiger partial charge >= 0.3 is 12.3 Å². The Morgan fingerprint density at radius 3 is 1.27 bits per heavy atom. The maximum absolute atomic E-state index is 11.4. The summed E-state index contributed by atoms with van der Waals surface area (Å²) in [7, 11) is 5.38. The zero-order valence-corrected chi connectivity index (χ0v) is 13.5. The van der Waals surface area contributed by atoms with Crippen LogP contribution in [0.15, 0.2) is 0 Å². The topological polar surface area (TPSA) is 108 Å². The summed E-state index contributed by atoms with van der Waals surface area (Å²) in [6, 6.07) is 0. The minimum Gasteiger partial charge on any atom is -0.397 e. The fraction of sp³-hybridized carbons (Fsp3) is 0.833. The van der Waals surface area contributed by atoms with Gasteiger partial charge in [-0.25, -0.2) is 0 Å². The van der Waals surface area contributed by atoms with Gasteiger partial charge in [0.1, 0.15) is 13.2 Å². The van der Waals surface area contributed by atoms with E-state index in [0.29, 0.717) is 0 Å². The van der Waals surface area contributed by atoms with Crippen molar-refractivity contribution in [2.24, 2.45) is 0 Å². The molecule has 0 rings (SSSR count). The minimum absolute atomic E-state index is 0.0569. The molecule has 0 N–H and O–H groups in total. The van der Waals surface area contributed by atoms with Crippen LogP contribution in [0.3, 0.4) is 0 Å². The molecule has 0 spiro atoms. The highest BCUT2D eigenvalue weighted by Crippen LogP contribution is 2.15. The summed E-state index contributed by atoms with van der Waals surface area (Å²) in [5, 5.41) is 0. The van der Waals surface area contributed by atoms with Crippen LogP contribution in [0, 0.1) is 0 Å². The largest absolute Gasteiger partial charge is 0.552 e. The van der Waals surface area contributed by atoms with Crippen molar-refractivity contribution < 1.29 is 47.8 Å². The Bertz CT molecular complexity index is 326. The van der Waals surface area contributed by atoms with E-state index in [2.05, 4.69) is 9.78 Å². The molecule has 0 aliphatic heterocycles. The zero-order chi connectivity index (χ0) is 17.2. The molecule has 10 heteroatoms. The second-order valence-electron chi connectivity index (χ2n) is 4.41. The summed E-state index contributed by atoms with van der Waals surface area (Å²) >= 11 is 0. The first kappa shape index (κ1) is 20.4. The summed E-state index contributed by atoms with van der Waals surface area (Å²) in [5.74, 6) is -2.79. The number of methoxy groups -OCH3 is 4. The van der Waals surface area contributed by atoms with E-state index in [9.17, 15) is 9.59 Å². The summed E-state index contributed by atoms with van der Waals surface area (Å²) < 4.78 is 29.1. The summed E-state index contributed by atoms with van der Waals surface area (Å²) in [4.78, 5) is 31.1. The lowest BCUT2D eigenvalue weighted by atomic mass is 10.3. The molecule has 0 saturated heterocycles. The van der Waals surface area contributed by atoms with Crippen LogP contribution in [0.25, 0.3) is 0 Å². The van der Waals surface area contributed by atoms with E-state index < -0.39 is 23.9 Å². The second kappa shape index (κ2) is 9.41. The zero-order valence-electron chi connectivity index (χ0n) is 13.5. The van der Waals surface area contributed by atoms with Gasteiger partial charge in [0.2, 0.25) is 11.6 Å². The number of ether oxygens (including phenoxy) is 6. The molecule has 10 nitrogen and oxygen atoms in total. The lowest BCUT2D eigenvalue weighted by molar-refractivity contribution is -0.283. The molecular weight excluding hydrogens is 304 g/mol. The summed E-state index contributed by atoms with van der Waals surface area (Å²) in [6.45, 7) is 2.74. The maximum Gasteiger partial charge on any atom is 0.552 e. The van der Waals surface area contributed by atoms with Gasteiger partial charge in [-0.1, -0.05) is 0 Å². The highest BCUT2D eigenvalue weighted by molar-refractivity contribution is 5.64. The number of hydrogen-bond acceptors (Lipinski definition) is 10. The molecule has 0 fully saturated rings. The number of hydrogen-bond donors (Lipinski definition) is 0. The fourth-order valence-corrected chi connectivity index (χ4v) is 1.24. The van der Waals surface area contributed by atoms with Gasteiger partial charge in [0.25, 0.3) is 0 Å². The molecule has 0 bridgehead atoms. The van der Waals surface area contributed by atoms with E-state index >= 15 is 0 Å². The molecule has 0 aliphatic carbocycles. The van der Waals surface area contributed by atoms with Crippen molar-refractivity contribution in [3.05, 3.63) is 0 Å². The van der Waals surface area contributed by atoms with Crippen molar-refractivity contribution in [1.82, 2.24) is 0 Å². The van der Waals surface area contributed by atoms with Gasteiger partial charge in [-0.05, 0) is 0 Å². The van der Waals surface area contributed by atoms with Crippen molar-refractivity contribution in [3.63, 3.8) is 0 Å². The molecule has 0 aromatic heterocycles. The van der Waals surface area contributed by atoms with Gasteiger partial charge < -0.3 is 28.4 Å². The molecule has 0 radical (unpaired) electrons. The molecule has 22 heavy (non-hydrogen) atoms. The summed E-state index contributed by atoms with van der Waals surface area (Å²) in [5.41, 5.74) is 0. The minimum atomic E-state index is -1.39. The van der Waals surface area contributed by atoms with Crippen molar-refractivity contribution in [2.75, 3.05) is 41.7 Å². The van der Waals surface area contributed by atoms with Gasteiger partial charge in [0.05, 0.1) is 0 Å². The van der Waals surface area contributed by atoms with Crippen LogP contribution in [-0.4, -0.2) is 65.5 Å². The Hall–Kier alpha value is -1.62. The molecule has 0 aromatic carbocycles. The molecule has 2 unspecified atom stereocenters. The predicted octanol–water partition coefficient (Wildman–Crippen LogP) is 1.23. The lowest BCUT2D eigenvalue weighted by Gasteiger charge is -2.26. The third-order valence-electron chi connectivity index (χ3n) is 2.45. The monoisotopic (exact) mass is 326 g/mol. The molecule has 2 atom stereocenters. The van der Waals surface area contributed by atoms with Gasteiger partial charge in [-0.2, -0.15) is 19.4 Å². The van der Waals surface area contributed by atoms with Crippen molar-refractivity contribution >= 4 is 12.3 Å². The van der Waals surface area contributed by atoms with Gasteiger partial charge in [0.15, 0.2) is 0 Å². The molecule has 0 amide bonds. The molecule has 0 saturated carbocycles. The average molecular weight is 326 g/mol. The highest BCUT2D eigenvalue weighted by atomic mass is 17.3. The van der Waals surface area contributed by atoms with Crippen LogP contribution in [0.4, 0.5) is 9.59 Å². The molecule has 0 heterocycles. The van der Waals surface area contributed by atoms with Crippen molar-refractivity contribution in [3.8, 4) is 0 Å². The van der Waals surface area contributed by atoms with Gasteiger partial charge in [0, 0.05) is 42.3 Å². The Labute approximate surface area is 128 Å². The van der Waals surface area contributed by atoms with Crippen LogP contribution < -0.4 is 0 Å². The maximum atomic E-state index is 11.4. The first-order chi connectivity index (χ1) is 10.2. The number of carbonyl (C=O) groups is 2. The van der Waals surface area contributed by atoms with Crippen LogP contribution >= 0.6 is 0 Å². The Kier molecular flexibility index (Phi) is 8.72.